The van der Waals surface area contributed by atoms with E-state index in [2.05, 4.69) is 25.8 Å². The molecular weight excluding hydrogens is 316 g/mol. The Balaban J connectivity index is 1.46. The topological polar surface area (TPSA) is 105 Å². The van der Waals surface area contributed by atoms with Crippen LogP contribution in [0.15, 0.2) is 30.3 Å². The predicted octanol–water partition coefficient (Wildman–Crippen LogP) is 1.30. The molecule has 1 aromatic heterocycles. The van der Waals surface area contributed by atoms with Crippen LogP contribution in [0, 0.1) is 0 Å². The summed E-state index contributed by atoms with van der Waals surface area (Å²) in [6, 6.07) is 9.80. The van der Waals surface area contributed by atoms with Gasteiger partial charge in [0.15, 0.2) is 0 Å². The maximum absolute atomic E-state index is 10.0. The van der Waals surface area contributed by atoms with E-state index >= 15 is 0 Å². The smallest absolute Gasteiger partial charge is 0.222 e. The van der Waals surface area contributed by atoms with Crippen LogP contribution in [-0.2, 0) is 0 Å². The number of hydrogen-bond acceptors (Lipinski definition) is 7. The first-order valence-electron chi connectivity index (χ1n) is 8.78. The van der Waals surface area contributed by atoms with Gasteiger partial charge in [-0.25, -0.2) is 4.98 Å². The number of nitrogen functional groups attached to an aromatic ring is 1. The van der Waals surface area contributed by atoms with Gasteiger partial charge in [-0.1, -0.05) is 12.1 Å². The number of rotatable bonds is 3. The van der Waals surface area contributed by atoms with Gasteiger partial charge in [0.25, 0.3) is 0 Å². The second-order valence-electron chi connectivity index (χ2n) is 6.90. The predicted molar refractivity (Wildman–Crippen MR) is 98.9 cm³/mol. The van der Waals surface area contributed by atoms with Crippen LogP contribution in [0.3, 0.4) is 0 Å². The molecule has 0 unspecified atom stereocenters. The second-order valence-corrected chi connectivity index (χ2v) is 6.90. The first kappa shape index (κ1) is 16.0. The SMILES string of the molecule is Nc1nc(C2CC(N)C2)cc(N2CCN(c3ccccc3O)CC2)n1. The summed E-state index contributed by atoms with van der Waals surface area (Å²) in [5, 5.41) is 10.0. The van der Waals surface area contributed by atoms with E-state index in [1.54, 1.807) is 6.07 Å². The van der Waals surface area contributed by atoms with E-state index in [4.69, 9.17) is 11.5 Å². The molecule has 5 N–H and O–H groups in total. The van der Waals surface area contributed by atoms with E-state index in [0.29, 0.717) is 17.6 Å². The highest BCUT2D eigenvalue weighted by Gasteiger charge is 2.30. The van der Waals surface area contributed by atoms with Gasteiger partial charge in [-0.05, 0) is 25.0 Å². The highest BCUT2D eigenvalue weighted by Crippen LogP contribution is 2.36. The average molecular weight is 340 g/mol. The standard InChI is InChI=1S/C18H24N6O/c19-13-9-12(10-13)14-11-17(22-18(20)21-14)24-7-5-23(6-8-24)15-3-1-2-4-16(15)25/h1-4,11-13,25H,5-10,19H2,(H2,20,21,22). The molecule has 0 atom stereocenters. The third-order valence-corrected chi connectivity index (χ3v) is 5.17. The van der Waals surface area contributed by atoms with Crippen molar-refractivity contribution in [2.45, 2.75) is 24.8 Å². The molecule has 0 bridgehead atoms. The molecule has 0 amide bonds. The summed E-state index contributed by atoms with van der Waals surface area (Å²) < 4.78 is 0. The Morgan fingerprint density at radius 2 is 1.68 bits per heavy atom. The van der Waals surface area contributed by atoms with Gasteiger partial charge in [0, 0.05) is 44.2 Å². The number of hydrogen-bond donors (Lipinski definition) is 3. The molecular formula is C18H24N6O. The average Bonchev–Trinajstić information content (AvgIpc) is 2.59. The number of aromatic nitrogens is 2. The van der Waals surface area contributed by atoms with Crippen LogP contribution < -0.4 is 21.3 Å². The molecule has 2 fully saturated rings. The fourth-order valence-corrected chi connectivity index (χ4v) is 3.65. The van der Waals surface area contributed by atoms with Crippen LogP contribution in [0.5, 0.6) is 5.75 Å². The van der Waals surface area contributed by atoms with Crippen LogP contribution in [0.2, 0.25) is 0 Å². The molecule has 7 nitrogen and oxygen atoms in total. The Labute approximate surface area is 147 Å². The lowest BCUT2D eigenvalue weighted by Crippen LogP contribution is -2.47. The fourth-order valence-electron chi connectivity index (χ4n) is 3.65. The summed E-state index contributed by atoms with van der Waals surface area (Å²) in [6.45, 7) is 3.30. The van der Waals surface area contributed by atoms with Gasteiger partial charge in [-0.2, -0.15) is 4.98 Å². The minimum absolute atomic E-state index is 0.284. The van der Waals surface area contributed by atoms with Gasteiger partial charge in [0.05, 0.1) is 11.4 Å². The van der Waals surface area contributed by atoms with Crippen LogP contribution in [0.25, 0.3) is 0 Å². The van der Waals surface area contributed by atoms with Gasteiger partial charge >= 0.3 is 0 Å². The summed E-state index contributed by atoms with van der Waals surface area (Å²) >= 11 is 0. The van der Waals surface area contributed by atoms with Gasteiger partial charge in [-0.15, -0.1) is 0 Å². The van der Waals surface area contributed by atoms with Crippen molar-refractivity contribution in [3.63, 3.8) is 0 Å². The van der Waals surface area contributed by atoms with Crippen molar-refractivity contribution in [1.82, 2.24) is 9.97 Å². The van der Waals surface area contributed by atoms with Crippen molar-refractivity contribution in [1.29, 1.82) is 0 Å². The van der Waals surface area contributed by atoms with Gasteiger partial charge < -0.3 is 26.4 Å². The number of nitrogens with zero attached hydrogens (tertiary/aromatic N) is 4. The summed E-state index contributed by atoms with van der Waals surface area (Å²) in [7, 11) is 0. The lowest BCUT2D eigenvalue weighted by molar-refractivity contribution is 0.345. The lowest BCUT2D eigenvalue weighted by atomic mass is 9.78. The van der Waals surface area contributed by atoms with Gasteiger partial charge in [0.2, 0.25) is 5.95 Å². The van der Waals surface area contributed by atoms with Crippen molar-refractivity contribution in [2.75, 3.05) is 41.7 Å². The lowest BCUT2D eigenvalue weighted by Gasteiger charge is -2.37. The molecule has 4 rings (SSSR count). The molecule has 0 radical (unpaired) electrons. The quantitative estimate of drug-likeness (QED) is 0.773. The second kappa shape index (κ2) is 6.40. The van der Waals surface area contributed by atoms with Crippen molar-refractivity contribution >= 4 is 17.5 Å². The van der Waals surface area contributed by atoms with Crippen LogP contribution >= 0.6 is 0 Å². The van der Waals surface area contributed by atoms with Crippen LogP contribution in [0.4, 0.5) is 17.5 Å². The van der Waals surface area contributed by atoms with E-state index in [9.17, 15) is 5.11 Å². The first-order valence-corrected chi connectivity index (χ1v) is 8.78. The third-order valence-electron chi connectivity index (χ3n) is 5.17. The Morgan fingerprint density at radius 3 is 2.36 bits per heavy atom. The van der Waals surface area contributed by atoms with E-state index in [-0.39, 0.29) is 6.04 Å². The summed E-state index contributed by atoms with van der Waals surface area (Å²) in [5.74, 6) is 1.95. The maximum atomic E-state index is 10.0. The monoisotopic (exact) mass is 340 g/mol. The van der Waals surface area contributed by atoms with Gasteiger partial charge in [-0.3, -0.25) is 0 Å². The molecule has 2 aromatic rings. The van der Waals surface area contributed by atoms with E-state index in [0.717, 1.165) is 56.2 Å². The zero-order valence-electron chi connectivity index (χ0n) is 14.2. The van der Waals surface area contributed by atoms with Crippen LogP contribution in [-0.4, -0.2) is 47.3 Å². The van der Waals surface area contributed by atoms with E-state index in [1.807, 2.05) is 18.2 Å². The number of phenols is 1. The zero-order valence-corrected chi connectivity index (χ0v) is 14.2. The Bertz CT molecular complexity index is 753. The highest BCUT2D eigenvalue weighted by atomic mass is 16.3. The summed E-state index contributed by atoms with van der Waals surface area (Å²) in [5.41, 5.74) is 13.7. The van der Waals surface area contributed by atoms with E-state index < -0.39 is 0 Å². The molecule has 0 spiro atoms. The molecule has 1 aromatic carbocycles. The zero-order chi connectivity index (χ0) is 17.4. The Kier molecular flexibility index (Phi) is 4.09. The van der Waals surface area contributed by atoms with Crippen LogP contribution in [0.1, 0.15) is 24.5 Å². The molecule has 1 aliphatic heterocycles. The van der Waals surface area contributed by atoms with Crippen molar-refractivity contribution in [3.05, 3.63) is 36.0 Å². The first-order chi connectivity index (χ1) is 12.1. The normalized spacial score (nSPS) is 23.4. The fraction of sp³-hybridized carbons (Fsp3) is 0.444. The maximum Gasteiger partial charge on any atom is 0.222 e. The van der Waals surface area contributed by atoms with Crippen molar-refractivity contribution < 1.29 is 5.11 Å². The molecule has 1 saturated heterocycles. The highest BCUT2D eigenvalue weighted by molar-refractivity contribution is 5.59. The largest absolute Gasteiger partial charge is 0.506 e. The number of phenolic OH excluding ortho intramolecular Hbond substituents is 1. The number of aromatic hydroxyl groups is 1. The van der Waals surface area contributed by atoms with Crippen molar-refractivity contribution in [3.8, 4) is 5.75 Å². The molecule has 132 valence electrons. The number of benzene rings is 1. The van der Waals surface area contributed by atoms with E-state index in [1.165, 1.54) is 0 Å². The minimum atomic E-state index is 0.284. The molecule has 7 heteroatoms. The Morgan fingerprint density at radius 1 is 1.00 bits per heavy atom. The number of anilines is 3. The Hall–Kier alpha value is -2.54. The summed E-state index contributed by atoms with van der Waals surface area (Å²) in [4.78, 5) is 13.3. The third kappa shape index (κ3) is 3.19. The van der Waals surface area contributed by atoms with Gasteiger partial charge in [0.1, 0.15) is 11.6 Å². The number of piperazine rings is 1. The number of nitrogens with two attached hydrogens (primary N) is 2. The molecule has 2 heterocycles. The minimum Gasteiger partial charge on any atom is -0.506 e. The molecule has 25 heavy (non-hydrogen) atoms. The molecule has 2 aliphatic rings. The molecule has 1 aliphatic carbocycles. The number of para-hydroxylation sites is 2. The molecule has 1 saturated carbocycles. The summed E-state index contributed by atoms with van der Waals surface area (Å²) in [6.07, 6.45) is 1.94. The van der Waals surface area contributed by atoms with Crippen molar-refractivity contribution in [2.24, 2.45) is 5.73 Å².